The van der Waals surface area contributed by atoms with Gasteiger partial charge in [-0.25, -0.2) is 4.98 Å². The van der Waals surface area contributed by atoms with E-state index >= 15 is 0 Å². The van der Waals surface area contributed by atoms with Crippen molar-refractivity contribution in [2.24, 2.45) is 11.1 Å². The molecule has 1 atom stereocenters. The third-order valence-corrected chi connectivity index (χ3v) is 3.58. The first-order valence-electron chi connectivity index (χ1n) is 6.65. The van der Waals surface area contributed by atoms with Crippen LogP contribution in [0.25, 0.3) is 11.0 Å². The van der Waals surface area contributed by atoms with Gasteiger partial charge in [0.05, 0.1) is 11.0 Å². The summed E-state index contributed by atoms with van der Waals surface area (Å²) in [6.07, 6.45) is 1.79. The molecule has 19 heavy (non-hydrogen) atoms. The van der Waals surface area contributed by atoms with Gasteiger partial charge in [0.1, 0.15) is 5.82 Å². The quantitative estimate of drug-likeness (QED) is 0.898. The fourth-order valence-corrected chi connectivity index (χ4v) is 3.07. The zero-order valence-corrected chi connectivity index (χ0v) is 13.6. The first kappa shape index (κ1) is 14.5. The van der Waals surface area contributed by atoms with E-state index in [0.717, 1.165) is 34.2 Å². The predicted molar refractivity (Wildman–Crippen MR) is 84.3 cm³/mol. The second-order valence-electron chi connectivity index (χ2n) is 6.53. The summed E-state index contributed by atoms with van der Waals surface area (Å²) in [7, 11) is 0. The minimum atomic E-state index is 0.143. The van der Waals surface area contributed by atoms with Crippen molar-refractivity contribution in [1.29, 1.82) is 0 Å². The molecule has 0 spiro atoms. The van der Waals surface area contributed by atoms with E-state index in [1.807, 2.05) is 0 Å². The first-order chi connectivity index (χ1) is 8.74. The number of benzene rings is 1. The molecule has 3 nitrogen and oxygen atoms in total. The normalized spacial score (nSPS) is 14.0. The lowest BCUT2D eigenvalue weighted by Gasteiger charge is -2.22. The highest BCUT2D eigenvalue weighted by atomic mass is 79.9. The lowest BCUT2D eigenvalue weighted by Crippen LogP contribution is -2.28. The Morgan fingerprint density at radius 1 is 1.37 bits per heavy atom. The average Bonchev–Trinajstić information content (AvgIpc) is 2.56. The van der Waals surface area contributed by atoms with E-state index in [-0.39, 0.29) is 11.5 Å². The third kappa shape index (κ3) is 3.80. The van der Waals surface area contributed by atoms with Gasteiger partial charge >= 0.3 is 0 Å². The number of fused-ring (bicyclic) bond motifs is 1. The molecular formula is C15H22BrN3. The van der Waals surface area contributed by atoms with E-state index in [4.69, 9.17) is 5.73 Å². The van der Waals surface area contributed by atoms with Crippen LogP contribution in [-0.2, 0) is 6.42 Å². The van der Waals surface area contributed by atoms with Crippen LogP contribution in [0, 0.1) is 12.3 Å². The molecule has 0 aliphatic heterocycles. The highest BCUT2D eigenvalue weighted by Crippen LogP contribution is 2.24. The molecule has 2 rings (SSSR count). The van der Waals surface area contributed by atoms with E-state index in [1.54, 1.807) is 0 Å². The number of nitrogens with zero attached hydrogens (tertiary/aromatic N) is 1. The second-order valence-corrected chi connectivity index (χ2v) is 7.45. The van der Waals surface area contributed by atoms with Gasteiger partial charge in [0, 0.05) is 16.9 Å². The maximum Gasteiger partial charge on any atom is 0.108 e. The molecule has 0 saturated carbocycles. The molecule has 0 saturated heterocycles. The lowest BCUT2D eigenvalue weighted by atomic mass is 9.87. The summed E-state index contributed by atoms with van der Waals surface area (Å²) in [6, 6.07) is 4.29. The van der Waals surface area contributed by atoms with Crippen LogP contribution in [0.1, 0.15) is 38.6 Å². The van der Waals surface area contributed by atoms with Gasteiger partial charge in [-0.3, -0.25) is 0 Å². The topological polar surface area (TPSA) is 54.7 Å². The van der Waals surface area contributed by atoms with Gasteiger partial charge in [0.15, 0.2) is 0 Å². The number of H-pyrrole nitrogens is 1. The highest BCUT2D eigenvalue weighted by Gasteiger charge is 2.17. The van der Waals surface area contributed by atoms with Crippen LogP contribution in [0.2, 0.25) is 0 Å². The number of nitrogens with one attached hydrogen (secondary N) is 1. The van der Waals surface area contributed by atoms with Crippen LogP contribution < -0.4 is 5.73 Å². The van der Waals surface area contributed by atoms with Crippen LogP contribution >= 0.6 is 15.9 Å². The Morgan fingerprint density at radius 2 is 2.05 bits per heavy atom. The fourth-order valence-electron chi connectivity index (χ4n) is 2.50. The van der Waals surface area contributed by atoms with Gasteiger partial charge in [-0.05, 0) is 36.5 Å². The van der Waals surface area contributed by atoms with Crippen LogP contribution in [0.4, 0.5) is 0 Å². The van der Waals surface area contributed by atoms with Gasteiger partial charge in [-0.1, -0.05) is 36.7 Å². The Morgan fingerprint density at radius 3 is 2.68 bits per heavy atom. The molecule has 1 aromatic carbocycles. The zero-order chi connectivity index (χ0) is 14.2. The molecule has 1 aromatic heterocycles. The Kier molecular flexibility index (Phi) is 4.02. The number of aryl methyl sites for hydroxylation is 1. The number of aromatic amines is 1. The molecule has 0 aliphatic carbocycles. The van der Waals surface area contributed by atoms with Gasteiger partial charge in [-0.15, -0.1) is 0 Å². The summed E-state index contributed by atoms with van der Waals surface area (Å²) in [6.45, 7) is 8.72. The fraction of sp³-hybridized carbons (Fsp3) is 0.533. The molecule has 1 unspecified atom stereocenters. The van der Waals surface area contributed by atoms with Crippen LogP contribution in [0.5, 0.6) is 0 Å². The summed E-state index contributed by atoms with van der Waals surface area (Å²) in [5, 5.41) is 0. The highest BCUT2D eigenvalue weighted by molar-refractivity contribution is 9.10. The number of halogens is 1. The standard InChI is InChI=1S/C15H22BrN3/c1-9-5-10(16)6-12-14(9)19-13(18-12)7-11(17)8-15(2,3)4/h5-6,11H,7-8,17H2,1-4H3,(H,18,19). The van der Waals surface area contributed by atoms with Gasteiger partial charge in [0.25, 0.3) is 0 Å². The molecule has 0 aliphatic rings. The van der Waals surface area contributed by atoms with Crippen molar-refractivity contribution < 1.29 is 0 Å². The number of nitrogens with two attached hydrogens (primary N) is 1. The van der Waals surface area contributed by atoms with Crippen molar-refractivity contribution in [2.75, 3.05) is 0 Å². The van der Waals surface area contributed by atoms with Gasteiger partial charge in [0.2, 0.25) is 0 Å². The van der Waals surface area contributed by atoms with Crippen molar-refractivity contribution >= 4 is 27.0 Å². The van der Waals surface area contributed by atoms with Crippen molar-refractivity contribution in [2.45, 2.75) is 46.6 Å². The first-order valence-corrected chi connectivity index (χ1v) is 7.44. The molecule has 0 fully saturated rings. The second kappa shape index (κ2) is 5.25. The van der Waals surface area contributed by atoms with E-state index in [1.165, 1.54) is 5.56 Å². The van der Waals surface area contributed by atoms with E-state index < -0.39 is 0 Å². The summed E-state index contributed by atoms with van der Waals surface area (Å²) in [5.41, 5.74) is 9.76. The summed E-state index contributed by atoms with van der Waals surface area (Å²) < 4.78 is 1.08. The van der Waals surface area contributed by atoms with Crippen molar-refractivity contribution in [3.8, 4) is 0 Å². The summed E-state index contributed by atoms with van der Waals surface area (Å²) >= 11 is 3.51. The molecule has 1 heterocycles. The number of imidazole rings is 1. The monoisotopic (exact) mass is 323 g/mol. The van der Waals surface area contributed by atoms with Crippen molar-refractivity contribution in [3.05, 3.63) is 28.0 Å². The van der Waals surface area contributed by atoms with Crippen molar-refractivity contribution in [1.82, 2.24) is 9.97 Å². The summed E-state index contributed by atoms with van der Waals surface area (Å²) in [4.78, 5) is 8.04. The van der Waals surface area contributed by atoms with Gasteiger partial charge < -0.3 is 10.7 Å². The van der Waals surface area contributed by atoms with Crippen LogP contribution in [0.15, 0.2) is 16.6 Å². The molecule has 0 radical (unpaired) electrons. The minimum Gasteiger partial charge on any atom is -0.342 e. The Labute approximate surface area is 123 Å². The molecule has 104 valence electrons. The molecule has 2 aromatic rings. The minimum absolute atomic E-state index is 0.143. The van der Waals surface area contributed by atoms with Crippen LogP contribution in [-0.4, -0.2) is 16.0 Å². The maximum absolute atomic E-state index is 6.21. The average molecular weight is 324 g/mol. The molecule has 3 N–H and O–H groups in total. The van der Waals surface area contributed by atoms with Crippen LogP contribution in [0.3, 0.4) is 0 Å². The number of rotatable bonds is 3. The smallest absolute Gasteiger partial charge is 0.108 e. The van der Waals surface area contributed by atoms with E-state index in [2.05, 4.69) is 65.7 Å². The maximum atomic E-state index is 6.21. The number of aromatic nitrogens is 2. The number of hydrogen-bond acceptors (Lipinski definition) is 2. The number of hydrogen-bond donors (Lipinski definition) is 2. The zero-order valence-electron chi connectivity index (χ0n) is 12.0. The predicted octanol–water partition coefficient (Wildman–Crippen LogP) is 3.94. The molecule has 0 amide bonds. The van der Waals surface area contributed by atoms with E-state index in [9.17, 15) is 0 Å². The van der Waals surface area contributed by atoms with Gasteiger partial charge in [-0.2, -0.15) is 0 Å². The Bertz CT molecular complexity index is 581. The SMILES string of the molecule is Cc1cc(Br)cc2[nH]c(CC(N)CC(C)(C)C)nc12. The van der Waals surface area contributed by atoms with E-state index in [0.29, 0.717) is 0 Å². The lowest BCUT2D eigenvalue weighted by molar-refractivity contribution is 0.337. The van der Waals surface area contributed by atoms with Crippen molar-refractivity contribution in [3.63, 3.8) is 0 Å². The Hall–Kier alpha value is -0.870. The largest absolute Gasteiger partial charge is 0.342 e. The molecule has 4 heteroatoms. The molecule has 0 bridgehead atoms. The molecular weight excluding hydrogens is 302 g/mol. The Balaban J connectivity index is 2.20. The summed E-state index contributed by atoms with van der Waals surface area (Å²) in [5.74, 6) is 0.980. The third-order valence-electron chi connectivity index (χ3n) is 3.12.